The summed E-state index contributed by atoms with van der Waals surface area (Å²) in [6.07, 6.45) is 2.04. The molecule has 1 aromatic carbocycles. The normalized spacial score (nSPS) is 19.2. The third-order valence-electron chi connectivity index (χ3n) is 3.22. The predicted octanol–water partition coefficient (Wildman–Crippen LogP) is 1.34. The van der Waals surface area contributed by atoms with Gasteiger partial charge in [-0.05, 0) is 24.3 Å². The summed E-state index contributed by atoms with van der Waals surface area (Å²) in [4.78, 5) is 27.5. The largest absolute Gasteiger partial charge is 0.454 e. The molecule has 0 radical (unpaired) electrons. The number of nitrogens with zero attached hydrogens (tertiary/aromatic N) is 1. The van der Waals surface area contributed by atoms with Crippen LogP contribution in [0.15, 0.2) is 41.0 Å². The van der Waals surface area contributed by atoms with Crippen LogP contribution in [0.4, 0.5) is 0 Å². The molecule has 6 nitrogen and oxygen atoms in total. The van der Waals surface area contributed by atoms with Gasteiger partial charge in [0, 0.05) is 18.9 Å². The topological polar surface area (TPSA) is 74.2 Å². The van der Waals surface area contributed by atoms with E-state index < -0.39 is 6.10 Å². The van der Waals surface area contributed by atoms with Gasteiger partial charge >= 0.3 is 0 Å². The van der Waals surface area contributed by atoms with Gasteiger partial charge in [-0.15, -0.1) is 0 Å². The molecule has 0 aromatic heterocycles. The summed E-state index contributed by atoms with van der Waals surface area (Å²) >= 11 is 0. The Hall–Kier alpha value is -2.69. The molecule has 0 bridgehead atoms. The molecule has 1 atom stereocenters. The van der Waals surface area contributed by atoms with Crippen molar-refractivity contribution in [2.24, 2.45) is 4.99 Å². The fourth-order valence-corrected chi connectivity index (χ4v) is 2.19. The number of methoxy groups -OCH3 is 1. The van der Waals surface area contributed by atoms with E-state index in [4.69, 9.17) is 14.2 Å². The molecule has 1 aromatic rings. The number of carbonyl (C=O) groups excluding carboxylic acids is 2. The average molecular weight is 285 g/mol. The summed E-state index contributed by atoms with van der Waals surface area (Å²) in [6.45, 7) is 0.134. The van der Waals surface area contributed by atoms with Crippen molar-refractivity contribution >= 4 is 17.4 Å². The lowest BCUT2D eigenvalue weighted by Gasteiger charge is -2.18. The van der Waals surface area contributed by atoms with Gasteiger partial charge in [-0.3, -0.25) is 9.79 Å². The fraction of sp³-hybridized carbons (Fsp3) is 0.200. The van der Waals surface area contributed by atoms with Crippen molar-refractivity contribution in [1.29, 1.82) is 0 Å². The highest BCUT2D eigenvalue weighted by molar-refractivity contribution is 6.48. The van der Waals surface area contributed by atoms with Crippen molar-refractivity contribution < 1.29 is 23.8 Å². The van der Waals surface area contributed by atoms with Crippen molar-refractivity contribution in [3.8, 4) is 11.5 Å². The minimum Gasteiger partial charge on any atom is -0.454 e. The molecule has 2 aliphatic rings. The average Bonchev–Trinajstić information content (AvgIpc) is 3.00. The Balaban J connectivity index is 1.96. The summed E-state index contributed by atoms with van der Waals surface area (Å²) in [7, 11) is 1.41. The summed E-state index contributed by atoms with van der Waals surface area (Å²) in [6, 6.07) is 4.86. The molecule has 106 valence electrons. The number of ether oxygens (including phenoxy) is 3. The van der Waals surface area contributed by atoms with Crippen LogP contribution >= 0.6 is 0 Å². The molecule has 0 aliphatic carbocycles. The Morgan fingerprint density at radius 2 is 2.19 bits per heavy atom. The summed E-state index contributed by atoms with van der Waals surface area (Å²) < 4.78 is 15.6. The Labute approximate surface area is 120 Å². The zero-order valence-electron chi connectivity index (χ0n) is 11.2. The zero-order chi connectivity index (χ0) is 14.8. The van der Waals surface area contributed by atoms with Crippen LogP contribution in [0.2, 0.25) is 0 Å². The summed E-state index contributed by atoms with van der Waals surface area (Å²) in [5.41, 5.74) is 0.759. The molecular formula is C15H11NO5. The van der Waals surface area contributed by atoms with Gasteiger partial charge in [-0.25, -0.2) is 4.79 Å². The van der Waals surface area contributed by atoms with E-state index in [1.165, 1.54) is 19.4 Å². The van der Waals surface area contributed by atoms with Crippen LogP contribution in [-0.4, -0.2) is 37.4 Å². The third kappa shape index (κ3) is 2.27. The van der Waals surface area contributed by atoms with Crippen LogP contribution in [-0.2, 0) is 9.53 Å². The van der Waals surface area contributed by atoms with Crippen LogP contribution < -0.4 is 9.47 Å². The highest BCUT2D eigenvalue weighted by Gasteiger charge is 2.29. The standard InChI is InChI=1S/C15H11NO5/c1-19-15-10(7-17)4-5-16-13(15)14(18)9-2-3-11-12(6-9)21-8-20-11/h2-6,15H,8H2,1H3. The van der Waals surface area contributed by atoms with E-state index in [0.717, 1.165) is 0 Å². The quantitative estimate of drug-likeness (QED) is 0.619. The lowest BCUT2D eigenvalue weighted by atomic mass is 9.96. The molecule has 6 heteroatoms. The minimum absolute atomic E-state index is 0.134. The Morgan fingerprint density at radius 1 is 1.38 bits per heavy atom. The summed E-state index contributed by atoms with van der Waals surface area (Å²) in [5, 5.41) is 0. The number of carbonyl (C=O) groups is 1. The Morgan fingerprint density at radius 3 is 2.95 bits per heavy atom. The molecule has 0 saturated carbocycles. The Kier molecular flexibility index (Phi) is 3.39. The molecule has 21 heavy (non-hydrogen) atoms. The van der Waals surface area contributed by atoms with Gasteiger partial charge in [-0.1, -0.05) is 0 Å². The van der Waals surface area contributed by atoms with Crippen LogP contribution in [0.5, 0.6) is 11.5 Å². The predicted molar refractivity (Wildman–Crippen MR) is 73.5 cm³/mol. The van der Waals surface area contributed by atoms with Gasteiger partial charge in [-0.2, -0.15) is 0 Å². The molecular weight excluding hydrogens is 274 g/mol. The van der Waals surface area contributed by atoms with Crippen molar-refractivity contribution in [3.05, 3.63) is 41.6 Å². The van der Waals surface area contributed by atoms with Crippen LogP contribution in [0.1, 0.15) is 10.4 Å². The number of rotatable bonds is 3. The fourth-order valence-electron chi connectivity index (χ4n) is 2.19. The molecule has 0 spiro atoms. The summed E-state index contributed by atoms with van der Waals surface area (Å²) in [5.74, 6) is 2.52. The van der Waals surface area contributed by atoms with Crippen LogP contribution in [0.25, 0.3) is 0 Å². The number of aliphatic imine (C=N–C) groups is 1. The van der Waals surface area contributed by atoms with Crippen molar-refractivity contribution in [1.82, 2.24) is 0 Å². The maximum absolute atomic E-state index is 12.5. The maximum Gasteiger partial charge on any atom is 0.231 e. The number of hydrogen-bond acceptors (Lipinski definition) is 6. The smallest absolute Gasteiger partial charge is 0.231 e. The SMILES string of the molecule is COC1C(=C=O)C=CN=C1C(=O)c1ccc2c(c1)OCO2. The number of Topliss-reactive ketones (excluding diaryl/α,β-unsaturated/α-hetero) is 1. The highest BCUT2D eigenvalue weighted by Crippen LogP contribution is 2.33. The number of fused-ring (bicyclic) bond motifs is 1. The molecule has 2 heterocycles. The number of hydrogen-bond donors (Lipinski definition) is 0. The van der Waals surface area contributed by atoms with E-state index in [-0.39, 0.29) is 23.9 Å². The first-order chi connectivity index (χ1) is 10.2. The second kappa shape index (κ2) is 5.36. The number of ketones is 1. The van der Waals surface area contributed by atoms with E-state index in [9.17, 15) is 9.59 Å². The van der Waals surface area contributed by atoms with E-state index in [2.05, 4.69) is 4.99 Å². The van der Waals surface area contributed by atoms with E-state index in [1.807, 2.05) is 0 Å². The van der Waals surface area contributed by atoms with Crippen molar-refractivity contribution in [3.63, 3.8) is 0 Å². The second-order valence-electron chi connectivity index (χ2n) is 4.40. The minimum atomic E-state index is -0.814. The first-order valence-corrected chi connectivity index (χ1v) is 6.21. The van der Waals surface area contributed by atoms with Gasteiger partial charge in [0.1, 0.15) is 17.8 Å². The molecule has 0 fully saturated rings. The first kappa shape index (κ1) is 13.3. The molecule has 3 rings (SSSR count). The van der Waals surface area contributed by atoms with Gasteiger partial charge < -0.3 is 14.2 Å². The lowest BCUT2D eigenvalue weighted by molar-refractivity contribution is 0.104. The van der Waals surface area contributed by atoms with E-state index in [0.29, 0.717) is 17.1 Å². The molecule has 0 saturated heterocycles. The van der Waals surface area contributed by atoms with Crippen molar-refractivity contribution in [2.75, 3.05) is 13.9 Å². The van der Waals surface area contributed by atoms with Gasteiger partial charge in [0.2, 0.25) is 12.6 Å². The van der Waals surface area contributed by atoms with Crippen LogP contribution in [0, 0.1) is 0 Å². The van der Waals surface area contributed by atoms with Gasteiger partial charge in [0.15, 0.2) is 11.5 Å². The van der Waals surface area contributed by atoms with Gasteiger partial charge in [0.05, 0.1) is 5.57 Å². The second-order valence-corrected chi connectivity index (χ2v) is 4.40. The van der Waals surface area contributed by atoms with E-state index in [1.54, 1.807) is 24.1 Å². The first-order valence-electron chi connectivity index (χ1n) is 6.21. The maximum atomic E-state index is 12.5. The molecule has 1 unspecified atom stereocenters. The van der Waals surface area contributed by atoms with Crippen LogP contribution in [0.3, 0.4) is 0 Å². The molecule has 0 N–H and O–H groups in total. The Bertz CT molecular complexity index is 713. The highest BCUT2D eigenvalue weighted by atomic mass is 16.7. The monoisotopic (exact) mass is 285 g/mol. The lowest BCUT2D eigenvalue weighted by Crippen LogP contribution is -2.33. The molecule has 0 amide bonds. The zero-order valence-corrected chi connectivity index (χ0v) is 11.2. The van der Waals surface area contributed by atoms with E-state index >= 15 is 0 Å². The van der Waals surface area contributed by atoms with Crippen molar-refractivity contribution in [2.45, 2.75) is 6.10 Å². The molecule has 2 aliphatic heterocycles. The third-order valence-corrected chi connectivity index (χ3v) is 3.22. The number of benzene rings is 1. The van der Waals surface area contributed by atoms with Gasteiger partial charge in [0.25, 0.3) is 0 Å².